The normalized spacial score (nSPS) is 11.9. The van der Waals surface area contributed by atoms with E-state index in [-0.39, 0.29) is 11.5 Å². The molecule has 0 unspecified atom stereocenters. The van der Waals surface area contributed by atoms with Crippen molar-refractivity contribution in [3.8, 4) is 0 Å². The molecule has 0 radical (unpaired) electrons. The summed E-state index contributed by atoms with van der Waals surface area (Å²) < 4.78 is 24.6. The Labute approximate surface area is 97.0 Å². The molecular formula is C7H12IN3O2S. The molecule has 0 aliphatic heterocycles. The van der Waals surface area contributed by atoms with Crippen LogP contribution in [0.5, 0.6) is 0 Å². The van der Waals surface area contributed by atoms with Crippen LogP contribution in [0.3, 0.4) is 0 Å². The van der Waals surface area contributed by atoms with Crippen LogP contribution in [0.2, 0.25) is 0 Å². The van der Waals surface area contributed by atoms with Gasteiger partial charge in [-0.05, 0) is 6.42 Å². The number of nitrogens with zero attached hydrogens (tertiary/aromatic N) is 3. The second-order valence-electron chi connectivity index (χ2n) is 2.87. The highest BCUT2D eigenvalue weighted by Gasteiger charge is 2.06. The lowest BCUT2D eigenvalue weighted by molar-refractivity contribution is 0.571. The molecule has 0 aliphatic rings. The average Bonchev–Trinajstić information content (AvgIpc) is 2.51. The minimum Gasteiger partial charge on any atom is -0.252 e. The van der Waals surface area contributed by atoms with E-state index in [2.05, 4.69) is 10.1 Å². The van der Waals surface area contributed by atoms with Crippen LogP contribution in [-0.2, 0) is 16.4 Å². The maximum atomic E-state index is 11.1. The van der Waals surface area contributed by atoms with E-state index < -0.39 is 9.84 Å². The summed E-state index contributed by atoms with van der Waals surface area (Å²) in [5.41, 5.74) is 0. The Hall–Kier alpha value is -0.180. The lowest BCUT2D eigenvalue weighted by atomic mass is 10.5. The summed E-state index contributed by atoms with van der Waals surface area (Å²) in [6.45, 7) is 2.27. The van der Waals surface area contributed by atoms with Gasteiger partial charge in [0.15, 0.2) is 0 Å². The van der Waals surface area contributed by atoms with Crippen molar-refractivity contribution < 1.29 is 8.42 Å². The van der Waals surface area contributed by atoms with Crippen LogP contribution in [-0.4, -0.2) is 34.7 Å². The summed E-state index contributed by atoms with van der Waals surface area (Å²) in [6.07, 6.45) is 2.20. The number of halogens is 1. The SMILES string of the molecule is CCS(=O)(=O)CCCn1cnc(I)n1. The fraction of sp³-hybridized carbons (Fsp3) is 0.714. The molecule has 0 amide bonds. The molecule has 0 aromatic carbocycles. The Kier molecular flexibility index (Phi) is 4.30. The Bertz CT molecular complexity index is 387. The summed E-state index contributed by atoms with van der Waals surface area (Å²) >= 11 is 2.01. The number of sulfone groups is 1. The first-order valence-corrected chi connectivity index (χ1v) is 7.19. The molecule has 0 N–H and O–H groups in total. The van der Waals surface area contributed by atoms with Gasteiger partial charge in [0.05, 0.1) is 5.75 Å². The molecular weight excluding hydrogens is 317 g/mol. The van der Waals surface area contributed by atoms with Crippen molar-refractivity contribution in [3.63, 3.8) is 0 Å². The minimum absolute atomic E-state index is 0.210. The van der Waals surface area contributed by atoms with Crippen LogP contribution in [0.4, 0.5) is 0 Å². The Morgan fingerprint density at radius 3 is 2.79 bits per heavy atom. The minimum atomic E-state index is -2.85. The van der Waals surface area contributed by atoms with Crippen LogP contribution < -0.4 is 0 Å². The summed E-state index contributed by atoms with van der Waals surface area (Å²) in [4.78, 5) is 3.94. The lowest BCUT2D eigenvalue weighted by Crippen LogP contribution is -2.11. The van der Waals surface area contributed by atoms with Gasteiger partial charge >= 0.3 is 0 Å². The molecule has 80 valence electrons. The van der Waals surface area contributed by atoms with Crippen LogP contribution >= 0.6 is 22.6 Å². The summed E-state index contributed by atoms with van der Waals surface area (Å²) in [6, 6.07) is 0. The molecule has 1 rings (SSSR count). The van der Waals surface area contributed by atoms with Crippen LogP contribution in [0.1, 0.15) is 13.3 Å². The molecule has 0 aliphatic carbocycles. The van der Waals surface area contributed by atoms with Gasteiger partial charge in [-0.25, -0.2) is 13.4 Å². The van der Waals surface area contributed by atoms with Gasteiger partial charge in [0, 0.05) is 34.9 Å². The summed E-state index contributed by atoms with van der Waals surface area (Å²) in [5.74, 6) is 0.432. The zero-order chi connectivity index (χ0) is 10.6. The second-order valence-corrected chi connectivity index (χ2v) is 6.30. The van der Waals surface area contributed by atoms with Crippen molar-refractivity contribution in [3.05, 3.63) is 10.2 Å². The quantitative estimate of drug-likeness (QED) is 0.747. The van der Waals surface area contributed by atoms with Crippen molar-refractivity contribution in [1.29, 1.82) is 0 Å². The molecule has 0 fully saturated rings. The number of aryl methyl sites for hydroxylation is 1. The van der Waals surface area contributed by atoms with Crippen molar-refractivity contribution in [2.75, 3.05) is 11.5 Å². The molecule has 0 saturated carbocycles. The third-order valence-corrected chi connectivity index (χ3v) is 4.08. The fourth-order valence-electron chi connectivity index (χ4n) is 0.970. The summed E-state index contributed by atoms with van der Waals surface area (Å²) in [5, 5.41) is 4.05. The third kappa shape index (κ3) is 3.91. The van der Waals surface area contributed by atoms with Crippen LogP contribution in [0, 0.1) is 3.83 Å². The molecule has 1 heterocycles. The largest absolute Gasteiger partial charge is 0.252 e. The Balaban J connectivity index is 2.36. The van der Waals surface area contributed by atoms with E-state index in [1.165, 1.54) is 0 Å². The zero-order valence-electron chi connectivity index (χ0n) is 7.85. The van der Waals surface area contributed by atoms with E-state index in [0.717, 1.165) is 0 Å². The maximum Gasteiger partial charge on any atom is 0.211 e. The highest BCUT2D eigenvalue weighted by Crippen LogP contribution is 1.98. The van der Waals surface area contributed by atoms with Crippen molar-refractivity contribution in [2.24, 2.45) is 0 Å². The smallest absolute Gasteiger partial charge is 0.211 e. The number of hydrogen-bond donors (Lipinski definition) is 0. The van der Waals surface area contributed by atoms with Gasteiger partial charge < -0.3 is 0 Å². The van der Waals surface area contributed by atoms with Crippen LogP contribution in [0.25, 0.3) is 0 Å². The summed E-state index contributed by atoms with van der Waals surface area (Å²) in [7, 11) is -2.85. The topological polar surface area (TPSA) is 64.8 Å². The molecule has 0 atom stereocenters. The van der Waals surface area contributed by atoms with Crippen LogP contribution in [0.15, 0.2) is 6.33 Å². The molecule has 5 nitrogen and oxygen atoms in total. The molecule has 7 heteroatoms. The van der Waals surface area contributed by atoms with E-state index >= 15 is 0 Å². The average molecular weight is 329 g/mol. The van der Waals surface area contributed by atoms with Gasteiger partial charge in [-0.2, -0.15) is 0 Å². The fourth-order valence-corrected chi connectivity index (χ4v) is 2.23. The molecule has 14 heavy (non-hydrogen) atoms. The van der Waals surface area contributed by atoms with E-state index in [1.807, 2.05) is 22.6 Å². The molecule has 1 aromatic rings. The predicted molar refractivity (Wildman–Crippen MR) is 61.7 cm³/mol. The van der Waals surface area contributed by atoms with Crippen molar-refractivity contribution >= 4 is 32.4 Å². The Morgan fingerprint density at radius 2 is 2.29 bits per heavy atom. The van der Waals surface area contributed by atoms with E-state index in [4.69, 9.17) is 0 Å². The van der Waals surface area contributed by atoms with E-state index in [0.29, 0.717) is 16.8 Å². The standard InChI is InChI=1S/C7H12IN3O2S/c1-2-14(12,13)5-3-4-11-6-9-7(8)10-11/h6H,2-5H2,1H3. The monoisotopic (exact) mass is 329 g/mol. The maximum absolute atomic E-state index is 11.1. The van der Waals surface area contributed by atoms with Gasteiger partial charge in [-0.1, -0.05) is 6.92 Å². The van der Waals surface area contributed by atoms with E-state index in [1.54, 1.807) is 17.9 Å². The zero-order valence-corrected chi connectivity index (χ0v) is 10.8. The Morgan fingerprint density at radius 1 is 1.57 bits per heavy atom. The molecule has 0 bridgehead atoms. The van der Waals surface area contributed by atoms with Gasteiger partial charge in [0.2, 0.25) is 3.83 Å². The second kappa shape index (κ2) is 5.06. The first kappa shape index (κ1) is 11.9. The van der Waals surface area contributed by atoms with Gasteiger partial charge in [-0.3, -0.25) is 4.68 Å². The van der Waals surface area contributed by atoms with Gasteiger partial charge in [-0.15, -0.1) is 5.10 Å². The molecule has 0 spiro atoms. The van der Waals surface area contributed by atoms with Crippen molar-refractivity contribution in [1.82, 2.24) is 14.8 Å². The lowest BCUT2D eigenvalue weighted by Gasteiger charge is -2.00. The third-order valence-electron chi connectivity index (χ3n) is 1.79. The van der Waals surface area contributed by atoms with Gasteiger partial charge in [0.1, 0.15) is 16.2 Å². The number of hydrogen-bond acceptors (Lipinski definition) is 4. The number of rotatable bonds is 5. The number of aromatic nitrogens is 3. The highest BCUT2D eigenvalue weighted by molar-refractivity contribution is 14.1. The first-order valence-electron chi connectivity index (χ1n) is 4.29. The van der Waals surface area contributed by atoms with Crippen molar-refractivity contribution in [2.45, 2.75) is 19.9 Å². The van der Waals surface area contributed by atoms with E-state index in [9.17, 15) is 8.42 Å². The molecule has 1 aromatic heterocycles. The first-order chi connectivity index (χ1) is 6.53. The highest BCUT2D eigenvalue weighted by atomic mass is 127. The molecule has 0 saturated heterocycles. The predicted octanol–water partition coefficient (Wildman–Crippen LogP) is 0.708. The van der Waals surface area contributed by atoms with Gasteiger partial charge in [0.25, 0.3) is 0 Å².